The van der Waals surface area contributed by atoms with Crippen LogP contribution in [0.15, 0.2) is 29.4 Å². The van der Waals surface area contributed by atoms with Crippen molar-refractivity contribution >= 4 is 23.6 Å². The third-order valence-corrected chi connectivity index (χ3v) is 4.99. The molecule has 0 aromatic heterocycles. The molecule has 146 valence electrons. The lowest BCUT2D eigenvalue weighted by atomic mass is 9.95. The summed E-state index contributed by atoms with van der Waals surface area (Å²) in [7, 11) is 3.03. The zero-order valence-corrected chi connectivity index (χ0v) is 16.1. The van der Waals surface area contributed by atoms with Gasteiger partial charge in [0.25, 0.3) is 0 Å². The first-order valence-electron chi connectivity index (χ1n) is 8.66. The SMILES string of the molecule is COc1c(CC2CC(c3ccc(Cl)cc3)=NO2)c(C=O)c2c(c1OC)OCO2. The molecule has 28 heavy (non-hydrogen) atoms. The predicted octanol–water partition coefficient (Wildman–Crippen LogP) is 3.63. The van der Waals surface area contributed by atoms with E-state index in [0.717, 1.165) is 17.6 Å². The number of benzene rings is 2. The van der Waals surface area contributed by atoms with E-state index in [1.54, 1.807) is 0 Å². The van der Waals surface area contributed by atoms with E-state index in [-0.39, 0.29) is 12.9 Å². The highest BCUT2D eigenvalue weighted by Gasteiger charge is 2.33. The smallest absolute Gasteiger partial charge is 0.231 e. The van der Waals surface area contributed by atoms with Gasteiger partial charge in [-0.05, 0) is 17.7 Å². The summed E-state index contributed by atoms with van der Waals surface area (Å²) in [5.41, 5.74) is 2.77. The van der Waals surface area contributed by atoms with Crippen molar-refractivity contribution in [3.8, 4) is 23.0 Å². The van der Waals surface area contributed by atoms with Crippen molar-refractivity contribution in [2.45, 2.75) is 18.9 Å². The molecule has 0 spiro atoms. The van der Waals surface area contributed by atoms with Crippen LogP contribution in [0.3, 0.4) is 0 Å². The fourth-order valence-corrected chi connectivity index (χ4v) is 3.58. The zero-order valence-electron chi connectivity index (χ0n) is 15.4. The van der Waals surface area contributed by atoms with Gasteiger partial charge in [0.05, 0.1) is 25.5 Å². The van der Waals surface area contributed by atoms with Crippen LogP contribution in [-0.2, 0) is 11.3 Å². The predicted molar refractivity (Wildman–Crippen MR) is 102 cm³/mol. The Morgan fingerprint density at radius 2 is 1.86 bits per heavy atom. The van der Waals surface area contributed by atoms with Crippen LogP contribution >= 0.6 is 11.6 Å². The van der Waals surface area contributed by atoms with Gasteiger partial charge in [0, 0.05) is 23.4 Å². The number of hydrogen-bond donors (Lipinski definition) is 0. The second-order valence-corrected chi connectivity index (χ2v) is 6.76. The van der Waals surface area contributed by atoms with Gasteiger partial charge in [-0.25, -0.2) is 0 Å². The quantitative estimate of drug-likeness (QED) is 0.685. The molecule has 0 N–H and O–H groups in total. The maximum absolute atomic E-state index is 11.8. The average molecular weight is 404 g/mol. The summed E-state index contributed by atoms with van der Waals surface area (Å²) in [4.78, 5) is 17.4. The van der Waals surface area contributed by atoms with E-state index in [4.69, 9.17) is 35.4 Å². The van der Waals surface area contributed by atoms with E-state index >= 15 is 0 Å². The summed E-state index contributed by atoms with van der Waals surface area (Å²) in [5.74, 6) is 1.56. The number of nitrogens with zero attached hydrogens (tertiary/aromatic N) is 1. The molecule has 2 aliphatic rings. The summed E-state index contributed by atoms with van der Waals surface area (Å²) >= 11 is 5.94. The van der Waals surface area contributed by atoms with Crippen molar-refractivity contribution in [1.29, 1.82) is 0 Å². The Morgan fingerprint density at radius 1 is 1.14 bits per heavy atom. The highest BCUT2D eigenvalue weighted by atomic mass is 35.5. The minimum Gasteiger partial charge on any atom is -0.492 e. The van der Waals surface area contributed by atoms with Gasteiger partial charge in [-0.3, -0.25) is 4.79 Å². The number of fused-ring (bicyclic) bond motifs is 1. The van der Waals surface area contributed by atoms with Crippen LogP contribution in [0.2, 0.25) is 5.02 Å². The van der Waals surface area contributed by atoms with Crippen LogP contribution in [0.25, 0.3) is 0 Å². The second kappa shape index (κ2) is 7.59. The van der Waals surface area contributed by atoms with Crippen LogP contribution in [0.1, 0.15) is 27.9 Å². The van der Waals surface area contributed by atoms with Gasteiger partial charge < -0.3 is 23.8 Å². The van der Waals surface area contributed by atoms with Crippen LogP contribution in [-0.4, -0.2) is 39.1 Å². The highest BCUT2D eigenvalue weighted by Crippen LogP contribution is 2.51. The first-order chi connectivity index (χ1) is 13.7. The molecule has 1 atom stereocenters. The third-order valence-electron chi connectivity index (χ3n) is 4.74. The number of oxime groups is 1. The second-order valence-electron chi connectivity index (χ2n) is 6.32. The fraction of sp³-hybridized carbons (Fsp3) is 0.300. The highest BCUT2D eigenvalue weighted by molar-refractivity contribution is 6.30. The first-order valence-corrected chi connectivity index (χ1v) is 9.04. The monoisotopic (exact) mass is 403 g/mol. The number of hydrogen-bond acceptors (Lipinski definition) is 7. The van der Waals surface area contributed by atoms with Crippen molar-refractivity contribution < 1.29 is 28.6 Å². The topological polar surface area (TPSA) is 75.6 Å². The molecule has 0 aliphatic carbocycles. The molecular formula is C20H18ClNO6. The molecule has 0 saturated carbocycles. The molecule has 0 bridgehead atoms. The van der Waals surface area contributed by atoms with Crippen molar-refractivity contribution in [2.75, 3.05) is 21.0 Å². The maximum Gasteiger partial charge on any atom is 0.231 e. The van der Waals surface area contributed by atoms with E-state index in [1.807, 2.05) is 24.3 Å². The summed E-state index contributed by atoms with van der Waals surface area (Å²) in [6, 6.07) is 7.41. The normalized spacial score (nSPS) is 17.1. The van der Waals surface area contributed by atoms with Crippen molar-refractivity contribution in [1.82, 2.24) is 0 Å². The van der Waals surface area contributed by atoms with Gasteiger partial charge in [0.2, 0.25) is 18.3 Å². The van der Waals surface area contributed by atoms with Gasteiger partial charge in [-0.15, -0.1) is 0 Å². The number of aldehydes is 1. The number of rotatable bonds is 6. The standard InChI is InChI=1S/C20H18ClNO6/c1-24-17-14(15(9-23)18-20(19(17)25-2)27-10-26-18)7-13-8-16(22-28-13)11-3-5-12(21)6-4-11/h3-6,9,13H,7-8,10H2,1-2H3. The Balaban J connectivity index is 1.64. The summed E-state index contributed by atoms with van der Waals surface area (Å²) in [6.07, 6.45) is 1.45. The van der Waals surface area contributed by atoms with Gasteiger partial charge in [0.1, 0.15) is 6.10 Å². The summed E-state index contributed by atoms with van der Waals surface area (Å²) < 4.78 is 22.0. The molecule has 8 heteroatoms. The summed E-state index contributed by atoms with van der Waals surface area (Å²) in [5, 5.41) is 4.86. The van der Waals surface area contributed by atoms with E-state index in [2.05, 4.69) is 5.16 Å². The minimum atomic E-state index is -0.261. The Kier molecular flexibility index (Phi) is 5.00. The van der Waals surface area contributed by atoms with Crippen molar-refractivity contribution in [3.63, 3.8) is 0 Å². The molecule has 0 radical (unpaired) electrons. The van der Waals surface area contributed by atoms with Crippen LogP contribution in [0.4, 0.5) is 0 Å². The lowest BCUT2D eigenvalue weighted by Crippen LogP contribution is -2.15. The number of carbonyl (C=O) groups is 1. The Morgan fingerprint density at radius 3 is 2.54 bits per heavy atom. The van der Waals surface area contributed by atoms with Gasteiger partial charge in [0.15, 0.2) is 17.8 Å². The van der Waals surface area contributed by atoms with Gasteiger partial charge in [-0.2, -0.15) is 0 Å². The molecule has 4 rings (SSSR count). The molecule has 0 amide bonds. The molecule has 1 unspecified atom stereocenters. The minimum absolute atomic E-state index is 0.0168. The zero-order chi connectivity index (χ0) is 19.7. The van der Waals surface area contributed by atoms with E-state index in [0.29, 0.717) is 52.0 Å². The Bertz CT molecular complexity index is 941. The number of methoxy groups -OCH3 is 2. The first kappa shape index (κ1) is 18.4. The Labute approximate surface area is 166 Å². The maximum atomic E-state index is 11.8. The van der Waals surface area contributed by atoms with Crippen LogP contribution < -0.4 is 18.9 Å². The fourth-order valence-electron chi connectivity index (χ4n) is 3.45. The molecule has 2 aromatic rings. The van der Waals surface area contributed by atoms with Crippen molar-refractivity contribution in [3.05, 3.63) is 46.0 Å². The van der Waals surface area contributed by atoms with Crippen LogP contribution in [0.5, 0.6) is 23.0 Å². The van der Waals surface area contributed by atoms with E-state index < -0.39 is 0 Å². The lowest BCUT2D eigenvalue weighted by Gasteiger charge is -2.18. The number of ether oxygens (including phenoxy) is 4. The molecule has 2 aromatic carbocycles. The molecular weight excluding hydrogens is 386 g/mol. The number of halogens is 1. The van der Waals surface area contributed by atoms with Crippen molar-refractivity contribution in [2.24, 2.45) is 5.16 Å². The average Bonchev–Trinajstić information content (AvgIpc) is 3.37. The molecule has 0 saturated heterocycles. The van der Waals surface area contributed by atoms with Gasteiger partial charge >= 0.3 is 0 Å². The molecule has 7 nitrogen and oxygen atoms in total. The largest absolute Gasteiger partial charge is 0.492 e. The Hall–Kier alpha value is -2.93. The molecule has 2 aliphatic heterocycles. The summed E-state index contributed by atoms with van der Waals surface area (Å²) in [6.45, 7) is 0.0168. The number of carbonyl (C=O) groups excluding carboxylic acids is 1. The van der Waals surface area contributed by atoms with E-state index in [9.17, 15) is 4.79 Å². The lowest BCUT2D eigenvalue weighted by molar-refractivity contribution is 0.0850. The molecule has 0 fully saturated rings. The third kappa shape index (κ3) is 3.11. The van der Waals surface area contributed by atoms with Gasteiger partial charge in [-0.1, -0.05) is 28.9 Å². The van der Waals surface area contributed by atoms with Crippen LogP contribution in [0, 0.1) is 0 Å². The molecule has 2 heterocycles. The van der Waals surface area contributed by atoms with E-state index in [1.165, 1.54) is 14.2 Å².